The minimum absolute atomic E-state index is 0.0185. The van der Waals surface area contributed by atoms with Gasteiger partial charge in [0.2, 0.25) is 0 Å². The molecule has 2 rings (SSSR count). The van der Waals surface area contributed by atoms with E-state index in [4.69, 9.17) is 5.73 Å². The molecule has 8 heteroatoms. The Morgan fingerprint density at radius 1 is 1.59 bits per heavy atom. The molecule has 0 aliphatic carbocycles. The van der Waals surface area contributed by atoms with Crippen molar-refractivity contribution in [3.05, 3.63) is 17.1 Å². The molecule has 17 heavy (non-hydrogen) atoms. The number of alkyl halides is 3. The highest BCUT2D eigenvalue weighted by Gasteiger charge is 2.48. The number of carbonyl (C=O) groups excluding carboxylic acids is 1. The van der Waals surface area contributed by atoms with Crippen molar-refractivity contribution in [1.29, 1.82) is 0 Å². The molecule has 0 aromatic carbocycles. The number of halogens is 3. The summed E-state index contributed by atoms with van der Waals surface area (Å²) < 4.78 is 40.6. The van der Waals surface area contributed by atoms with Crippen LogP contribution in [0.25, 0.3) is 0 Å². The van der Waals surface area contributed by atoms with E-state index in [1.807, 2.05) is 0 Å². The van der Waals surface area contributed by atoms with Crippen LogP contribution in [-0.4, -0.2) is 34.4 Å². The van der Waals surface area contributed by atoms with Crippen LogP contribution in [0.15, 0.2) is 11.6 Å². The van der Waals surface area contributed by atoms with Crippen molar-refractivity contribution in [2.24, 2.45) is 5.73 Å². The molecule has 94 valence electrons. The fourth-order valence-corrected chi connectivity index (χ4v) is 2.52. The molecule has 1 fully saturated rings. The number of nitrogens with zero attached hydrogens (tertiary/aromatic N) is 2. The molecule has 2 N–H and O–H groups in total. The van der Waals surface area contributed by atoms with Gasteiger partial charge < -0.3 is 10.6 Å². The number of nitrogens with two attached hydrogens (primary N) is 1. The molecule has 0 bridgehead atoms. The van der Waals surface area contributed by atoms with Gasteiger partial charge in [-0.1, -0.05) is 0 Å². The van der Waals surface area contributed by atoms with Gasteiger partial charge in [-0.05, 0) is 18.0 Å². The molecule has 1 aliphatic heterocycles. The average molecular weight is 265 g/mol. The first-order valence-electron chi connectivity index (χ1n) is 4.88. The van der Waals surface area contributed by atoms with Crippen molar-refractivity contribution in [3.63, 3.8) is 0 Å². The SMILES string of the molecule is NC1(c2cnsc2)CCN(C(=O)C(F)(F)F)C1. The number of amides is 1. The largest absolute Gasteiger partial charge is 0.471 e. The third-order valence-electron chi connectivity index (χ3n) is 2.84. The van der Waals surface area contributed by atoms with Crippen molar-refractivity contribution in [2.45, 2.75) is 18.1 Å². The van der Waals surface area contributed by atoms with E-state index in [0.29, 0.717) is 12.0 Å². The van der Waals surface area contributed by atoms with Crippen LogP contribution < -0.4 is 5.73 Å². The maximum Gasteiger partial charge on any atom is 0.471 e. The van der Waals surface area contributed by atoms with Crippen molar-refractivity contribution >= 4 is 17.4 Å². The normalized spacial score (nSPS) is 25.3. The Kier molecular flexibility index (Phi) is 2.86. The Morgan fingerprint density at radius 3 is 2.82 bits per heavy atom. The van der Waals surface area contributed by atoms with Crippen LogP contribution in [0.4, 0.5) is 13.2 Å². The fraction of sp³-hybridized carbons (Fsp3) is 0.556. The molecule has 0 spiro atoms. The van der Waals surface area contributed by atoms with Crippen LogP contribution in [0, 0.1) is 0 Å². The second kappa shape index (κ2) is 3.95. The first-order chi connectivity index (χ1) is 7.83. The van der Waals surface area contributed by atoms with Crippen molar-refractivity contribution in [1.82, 2.24) is 9.27 Å². The van der Waals surface area contributed by atoms with Crippen LogP contribution in [0.1, 0.15) is 12.0 Å². The summed E-state index contributed by atoms with van der Waals surface area (Å²) in [5, 5.41) is 1.70. The Balaban J connectivity index is 2.13. The average Bonchev–Trinajstić information content (AvgIpc) is 2.84. The van der Waals surface area contributed by atoms with Crippen LogP contribution in [-0.2, 0) is 10.3 Å². The molecular weight excluding hydrogens is 255 g/mol. The van der Waals surface area contributed by atoms with Gasteiger partial charge in [-0.15, -0.1) is 0 Å². The van der Waals surface area contributed by atoms with Gasteiger partial charge in [0.1, 0.15) is 0 Å². The molecule has 1 aromatic rings. The minimum Gasteiger partial charge on any atom is -0.333 e. The summed E-state index contributed by atoms with van der Waals surface area (Å²) in [5.41, 5.74) is 5.77. The standard InChI is InChI=1S/C9H10F3N3OS/c10-9(11,12)7(16)15-2-1-8(13,5-15)6-3-14-17-4-6/h3-4H,1-2,5,13H2. The smallest absolute Gasteiger partial charge is 0.333 e. The molecule has 0 radical (unpaired) electrons. The lowest BCUT2D eigenvalue weighted by molar-refractivity contribution is -0.184. The van der Waals surface area contributed by atoms with Gasteiger partial charge in [0.05, 0.1) is 5.54 Å². The highest BCUT2D eigenvalue weighted by Crippen LogP contribution is 2.32. The maximum atomic E-state index is 12.3. The molecule has 1 unspecified atom stereocenters. The predicted molar refractivity (Wildman–Crippen MR) is 55.2 cm³/mol. The maximum absolute atomic E-state index is 12.3. The van der Waals surface area contributed by atoms with Gasteiger partial charge in [-0.2, -0.15) is 13.2 Å². The molecule has 4 nitrogen and oxygen atoms in total. The van der Waals surface area contributed by atoms with Gasteiger partial charge in [-0.3, -0.25) is 4.79 Å². The molecule has 1 atom stereocenters. The summed E-state index contributed by atoms with van der Waals surface area (Å²) in [6.45, 7) is -0.103. The fourth-order valence-electron chi connectivity index (χ4n) is 1.87. The number of aromatic nitrogens is 1. The van der Waals surface area contributed by atoms with Gasteiger partial charge in [-0.25, -0.2) is 4.37 Å². The highest BCUT2D eigenvalue weighted by molar-refractivity contribution is 7.03. The molecular formula is C9H10F3N3OS. The van der Waals surface area contributed by atoms with E-state index >= 15 is 0 Å². The monoisotopic (exact) mass is 265 g/mol. The summed E-state index contributed by atoms with van der Waals surface area (Å²) in [5.74, 6) is -1.83. The van der Waals surface area contributed by atoms with Gasteiger partial charge >= 0.3 is 12.1 Å². The Morgan fingerprint density at radius 2 is 2.29 bits per heavy atom. The molecule has 0 saturated carbocycles. The van der Waals surface area contributed by atoms with Crippen LogP contribution >= 0.6 is 11.5 Å². The third kappa shape index (κ3) is 2.27. The van der Waals surface area contributed by atoms with Crippen molar-refractivity contribution in [2.75, 3.05) is 13.1 Å². The molecule has 1 aromatic heterocycles. The first-order valence-corrected chi connectivity index (χ1v) is 5.71. The third-order valence-corrected chi connectivity index (χ3v) is 3.42. The Labute approximate surface area is 99.4 Å². The zero-order valence-electron chi connectivity index (χ0n) is 8.70. The number of hydrogen-bond acceptors (Lipinski definition) is 4. The number of hydrogen-bond donors (Lipinski definition) is 1. The minimum atomic E-state index is -4.84. The van der Waals surface area contributed by atoms with E-state index in [0.717, 1.165) is 4.90 Å². The number of rotatable bonds is 1. The van der Waals surface area contributed by atoms with Gasteiger partial charge in [0, 0.05) is 30.2 Å². The number of carbonyl (C=O) groups is 1. The van der Waals surface area contributed by atoms with E-state index in [-0.39, 0.29) is 13.1 Å². The molecule has 2 heterocycles. The van der Waals surface area contributed by atoms with E-state index < -0.39 is 17.6 Å². The van der Waals surface area contributed by atoms with E-state index in [1.165, 1.54) is 17.7 Å². The van der Waals surface area contributed by atoms with Crippen LogP contribution in [0.5, 0.6) is 0 Å². The van der Waals surface area contributed by atoms with Gasteiger partial charge in [0.25, 0.3) is 0 Å². The highest BCUT2D eigenvalue weighted by atomic mass is 32.1. The second-order valence-corrected chi connectivity index (χ2v) is 4.70. The topological polar surface area (TPSA) is 59.2 Å². The zero-order chi connectivity index (χ0) is 12.7. The number of likely N-dealkylation sites (tertiary alicyclic amines) is 1. The summed E-state index contributed by atoms with van der Waals surface area (Å²) in [7, 11) is 0. The molecule has 1 aliphatic rings. The second-order valence-electron chi connectivity index (χ2n) is 4.04. The van der Waals surface area contributed by atoms with Gasteiger partial charge in [0.15, 0.2) is 0 Å². The predicted octanol–water partition coefficient (Wildman–Crippen LogP) is 1.09. The van der Waals surface area contributed by atoms with E-state index in [1.54, 1.807) is 5.38 Å². The van der Waals surface area contributed by atoms with Crippen molar-refractivity contribution < 1.29 is 18.0 Å². The summed E-state index contributed by atoms with van der Waals surface area (Å²) in [6.07, 6.45) is -2.99. The summed E-state index contributed by atoms with van der Waals surface area (Å²) in [6, 6.07) is 0. The lowest BCUT2D eigenvalue weighted by atomic mass is 9.93. The molecule has 1 amide bonds. The summed E-state index contributed by atoms with van der Waals surface area (Å²) >= 11 is 1.18. The molecule has 1 saturated heterocycles. The van der Waals surface area contributed by atoms with E-state index in [2.05, 4.69) is 4.37 Å². The quantitative estimate of drug-likeness (QED) is 0.827. The Hall–Kier alpha value is -1.15. The summed E-state index contributed by atoms with van der Waals surface area (Å²) in [4.78, 5) is 11.8. The van der Waals surface area contributed by atoms with Crippen LogP contribution in [0.3, 0.4) is 0 Å². The van der Waals surface area contributed by atoms with E-state index in [9.17, 15) is 18.0 Å². The lowest BCUT2D eigenvalue weighted by Crippen LogP contribution is -2.44. The van der Waals surface area contributed by atoms with Crippen LogP contribution in [0.2, 0.25) is 0 Å². The Bertz CT molecular complexity index is 420. The first kappa shape index (κ1) is 12.3. The lowest BCUT2D eigenvalue weighted by Gasteiger charge is -2.23. The van der Waals surface area contributed by atoms with Crippen molar-refractivity contribution in [3.8, 4) is 0 Å². The zero-order valence-corrected chi connectivity index (χ0v) is 9.51.